The topological polar surface area (TPSA) is 137 Å². The number of benzene rings is 7. The quantitative estimate of drug-likeness (QED) is 0.0175. The van der Waals surface area contributed by atoms with Crippen molar-refractivity contribution in [2.75, 3.05) is 32.9 Å². The van der Waals surface area contributed by atoms with Crippen molar-refractivity contribution in [3.8, 4) is 0 Å². The zero-order valence-corrected chi connectivity index (χ0v) is 61.8. The first-order valence-electron chi connectivity index (χ1n) is 32.6. The number of sulfonamides is 2. The molecule has 0 aromatic heterocycles. The fraction of sp³-hybridized carbons (Fsp3) is 0.405. The molecule has 3 N–H and O–H groups in total. The summed E-state index contributed by atoms with van der Waals surface area (Å²) in [6.07, 6.45) is 6.47. The fourth-order valence-electron chi connectivity index (χ4n) is 11.5. The van der Waals surface area contributed by atoms with E-state index >= 15 is 0 Å². The number of hydrogen-bond acceptors (Lipinski definition) is 8. The Morgan fingerprint density at radius 3 is 1.25 bits per heavy atom. The standard InChI is InChI=1S/C39H52N2O3S.C39H49N2O3S.CH3.ClH.Ru/c2*1-27(2)34-24-35(28(3)4)39(36(25-34)29(5)6)45(42,43)41-38(33-16-12-9-13-17-33)37(32-14-10-8-11-15-32)40-22-23-44-26-31-20-18-30(7)19-21-31;;;/h8-18,21,24-25,27-29,37-38,40-41H,19-20,22-23,26H2,1-7H3;8-21,24-25,27-29,37-38,40H,22-23,26H2,1-7H3;1H3;1H;/q;2*-1;;+4/p-1/t37-,38-;37-,38?;;;/m00.../s1. The number of halogens is 1. The Kier molecular flexibility index (Phi) is 32.3. The Labute approximate surface area is 575 Å². The van der Waals surface area contributed by atoms with Gasteiger partial charge in [0.05, 0.1) is 48.3 Å². The maximum atomic E-state index is 14.7. The van der Waals surface area contributed by atoms with Gasteiger partial charge in [-0.25, -0.2) is 21.6 Å². The summed E-state index contributed by atoms with van der Waals surface area (Å²) in [6.45, 7) is 32.6. The predicted octanol–water partition coefficient (Wildman–Crippen LogP) is 19.9. The molecule has 10 nitrogen and oxygen atoms in total. The molecule has 8 rings (SSSR count). The van der Waals surface area contributed by atoms with Crippen LogP contribution < -0.4 is 15.4 Å². The summed E-state index contributed by atoms with van der Waals surface area (Å²) in [5, 5.41) is 7.29. The summed E-state index contributed by atoms with van der Waals surface area (Å²) >= 11 is 1.82. The molecule has 7 aromatic rings. The van der Waals surface area contributed by atoms with Gasteiger partial charge in [0.2, 0.25) is 10.0 Å². The minimum atomic E-state index is -4.08. The maximum absolute atomic E-state index is 14.7. The Hall–Kier alpha value is -5.41. The van der Waals surface area contributed by atoms with Gasteiger partial charge in [0, 0.05) is 19.1 Å². The number of ether oxygens (including phenoxy) is 2. The van der Waals surface area contributed by atoms with Crippen molar-refractivity contribution < 1.29 is 43.6 Å². The van der Waals surface area contributed by atoms with Gasteiger partial charge in [-0.05, 0) is 123 Å². The van der Waals surface area contributed by atoms with Crippen LogP contribution in [0.4, 0.5) is 0 Å². The molecule has 502 valence electrons. The summed E-state index contributed by atoms with van der Waals surface area (Å²) in [5.74, 6) is 0.704. The van der Waals surface area contributed by atoms with Gasteiger partial charge >= 0.3 is 27.0 Å². The van der Waals surface area contributed by atoms with Crippen LogP contribution in [0.25, 0.3) is 4.72 Å². The molecule has 0 heterocycles. The molecule has 0 spiro atoms. The molecule has 1 aliphatic rings. The van der Waals surface area contributed by atoms with E-state index in [9.17, 15) is 16.8 Å². The molecule has 1 aliphatic carbocycles. The summed E-state index contributed by atoms with van der Waals surface area (Å²) in [6, 6.07) is 54.4. The van der Waals surface area contributed by atoms with Crippen molar-refractivity contribution in [2.45, 2.75) is 186 Å². The van der Waals surface area contributed by atoms with Gasteiger partial charge in [0.15, 0.2) is 0 Å². The molecule has 0 bridgehead atoms. The first-order valence-corrected chi connectivity index (χ1v) is 37.8. The van der Waals surface area contributed by atoms with Gasteiger partial charge in [-0.1, -0.05) is 288 Å². The van der Waals surface area contributed by atoms with Gasteiger partial charge < -0.3 is 32.3 Å². The number of nitrogens with zero attached hydrogens (tertiary/aromatic N) is 1. The van der Waals surface area contributed by atoms with Gasteiger partial charge in [-0.2, -0.15) is 0 Å². The molecular formula is C79H104ClN4O6RuS2+. The molecule has 0 aliphatic heterocycles. The summed E-state index contributed by atoms with van der Waals surface area (Å²) in [4.78, 5) is 0.768. The van der Waals surface area contributed by atoms with E-state index in [1.165, 1.54) is 22.3 Å². The normalized spacial score (nSPS) is 14.0. The van der Waals surface area contributed by atoms with Crippen LogP contribution in [0.15, 0.2) is 203 Å². The Morgan fingerprint density at radius 2 is 0.839 bits per heavy atom. The first-order chi connectivity index (χ1) is 43.9. The summed E-state index contributed by atoms with van der Waals surface area (Å²) in [7, 11) is -3.45. The van der Waals surface area contributed by atoms with Crippen LogP contribution in [0.5, 0.6) is 0 Å². The average molecular weight is 1410 g/mol. The molecule has 4 atom stereocenters. The van der Waals surface area contributed by atoms with E-state index in [0.29, 0.717) is 55.2 Å². The zero-order valence-electron chi connectivity index (χ0n) is 57.7. The molecular weight excluding hydrogens is 1300 g/mol. The summed E-state index contributed by atoms with van der Waals surface area (Å²) < 4.78 is 78.7. The van der Waals surface area contributed by atoms with Crippen LogP contribution in [-0.4, -0.2) is 49.7 Å². The average Bonchev–Trinajstić information content (AvgIpc) is 0.771. The van der Waals surface area contributed by atoms with Gasteiger partial charge in [-0.15, -0.1) is 0 Å². The van der Waals surface area contributed by atoms with E-state index in [0.717, 1.165) is 68.5 Å². The third-order valence-corrected chi connectivity index (χ3v) is 19.9. The second-order valence-corrected chi connectivity index (χ2v) is 29.2. The number of rotatable bonds is 30. The van der Waals surface area contributed by atoms with E-state index in [4.69, 9.17) is 14.2 Å². The number of nitrogens with one attached hydrogen (secondary N) is 3. The fourth-order valence-corrected chi connectivity index (χ4v) is 15.2. The van der Waals surface area contributed by atoms with E-state index in [1.54, 1.807) is 0 Å². The van der Waals surface area contributed by atoms with Crippen LogP contribution in [0.3, 0.4) is 0 Å². The number of allylic oxidation sites excluding steroid dienone is 3. The van der Waals surface area contributed by atoms with Crippen molar-refractivity contribution in [2.24, 2.45) is 0 Å². The second-order valence-electron chi connectivity index (χ2n) is 26.0. The van der Waals surface area contributed by atoms with Crippen molar-refractivity contribution in [1.29, 1.82) is 0 Å². The molecule has 14 heteroatoms. The van der Waals surface area contributed by atoms with E-state index in [2.05, 4.69) is 195 Å². The Bertz CT molecular complexity index is 3600. The van der Waals surface area contributed by atoms with Gasteiger partial charge in [0.1, 0.15) is 10.0 Å². The van der Waals surface area contributed by atoms with Crippen molar-refractivity contribution in [3.05, 3.63) is 272 Å². The van der Waals surface area contributed by atoms with Crippen LogP contribution in [0.1, 0.15) is 229 Å². The minimum absolute atomic E-state index is 0. The second kappa shape index (κ2) is 38.4. The van der Waals surface area contributed by atoms with E-state index < -0.39 is 38.2 Å². The summed E-state index contributed by atoms with van der Waals surface area (Å²) in [5.41, 5.74) is 14.4. The molecule has 7 aromatic carbocycles. The number of aryl methyl sites for hydroxylation is 1. The SMILES string of the molecule is CC1=CCC(COCCN[C@@H](c2ccccc2)[C@@H](NS(=O)(=O)c2c(C(C)C)cc(C(C)C)cc2C(C)C)c2ccccc2)=CC1.Cc1ccc(COCCN[C@@H](c2ccccc2)C([N-]S(=O)(=O)c2c(C(C)C)cc(C(C)C)cc2C(C)C)c2ccccc2)cc1.[CH3-].[Cl][Ru+3]. The van der Waals surface area contributed by atoms with Crippen LogP contribution >= 0.6 is 9.69 Å². The molecule has 93 heavy (non-hydrogen) atoms. The van der Waals surface area contributed by atoms with Crippen molar-refractivity contribution >= 4 is 29.7 Å². The molecule has 0 saturated heterocycles. The molecule has 0 saturated carbocycles. The molecule has 0 radical (unpaired) electrons. The third-order valence-electron chi connectivity index (χ3n) is 16.8. The van der Waals surface area contributed by atoms with Crippen molar-refractivity contribution in [3.63, 3.8) is 0 Å². The van der Waals surface area contributed by atoms with Crippen LogP contribution in [0.2, 0.25) is 0 Å². The molecule has 0 amide bonds. The number of hydrogen-bond donors (Lipinski definition) is 3. The van der Waals surface area contributed by atoms with Crippen molar-refractivity contribution in [1.82, 2.24) is 15.4 Å². The Morgan fingerprint density at radius 1 is 0.452 bits per heavy atom. The first kappa shape index (κ1) is 78.3. The van der Waals surface area contributed by atoms with Crippen LogP contribution in [0, 0.1) is 14.4 Å². The molecule has 0 fully saturated rings. The van der Waals surface area contributed by atoms with E-state index in [-0.39, 0.29) is 43.1 Å². The Balaban J connectivity index is 0.000000325. The van der Waals surface area contributed by atoms with Crippen LogP contribution in [-0.2, 0) is 53.4 Å². The van der Waals surface area contributed by atoms with E-state index in [1.807, 2.05) is 127 Å². The van der Waals surface area contributed by atoms with Gasteiger partial charge in [-0.3, -0.25) is 0 Å². The monoisotopic (exact) mass is 1410 g/mol. The third kappa shape index (κ3) is 22.9. The zero-order chi connectivity index (χ0) is 67.1. The predicted molar refractivity (Wildman–Crippen MR) is 386 cm³/mol. The van der Waals surface area contributed by atoms with Gasteiger partial charge in [0.25, 0.3) is 0 Å². The molecule has 1 unspecified atom stereocenters.